The molecule has 0 saturated carbocycles. The van der Waals surface area contributed by atoms with Crippen LogP contribution in [-0.2, 0) is 0 Å². The number of hydrogen-bond acceptors (Lipinski definition) is 2. The summed E-state index contributed by atoms with van der Waals surface area (Å²) in [5.41, 5.74) is 5.94. The van der Waals surface area contributed by atoms with E-state index in [0.717, 1.165) is 6.20 Å². The Bertz CT molecular complexity index is 584. The lowest BCUT2D eigenvalue weighted by Gasteiger charge is -2.15. The largest absolute Gasteiger partial charge is 0.320 e. The molecule has 1 atom stereocenters. The van der Waals surface area contributed by atoms with Crippen LogP contribution >= 0.6 is 0 Å². The van der Waals surface area contributed by atoms with Crippen LogP contribution in [-0.4, -0.2) is 4.98 Å². The molecule has 0 aliphatic rings. The number of nitrogens with zero attached hydrogens (tertiary/aromatic N) is 1. The Labute approximate surface area is 102 Å². The van der Waals surface area contributed by atoms with Crippen molar-refractivity contribution in [1.82, 2.24) is 4.98 Å². The topological polar surface area (TPSA) is 38.9 Å². The summed E-state index contributed by atoms with van der Waals surface area (Å²) in [6.07, 6.45) is 2.33. The van der Waals surface area contributed by atoms with Gasteiger partial charge in [-0.15, -0.1) is 0 Å². The zero-order chi connectivity index (χ0) is 13.3. The first-order chi connectivity index (χ1) is 8.52. The van der Waals surface area contributed by atoms with Gasteiger partial charge in [0.1, 0.15) is 5.82 Å². The molecule has 2 nitrogen and oxygen atoms in total. The first-order valence-electron chi connectivity index (χ1n) is 5.32. The van der Waals surface area contributed by atoms with Gasteiger partial charge in [0.25, 0.3) is 0 Å². The van der Waals surface area contributed by atoms with Gasteiger partial charge in [-0.1, -0.05) is 12.1 Å². The monoisotopic (exact) mass is 252 g/mol. The molecular weight excluding hydrogens is 241 g/mol. The molecule has 0 fully saturated rings. The number of benzene rings is 1. The summed E-state index contributed by atoms with van der Waals surface area (Å²) in [6.45, 7) is 1.45. The SMILES string of the molecule is Cc1ccc(C(N)c2ccncc2F)c(F)c1F. The summed E-state index contributed by atoms with van der Waals surface area (Å²) >= 11 is 0. The molecule has 0 aliphatic carbocycles. The van der Waals surface area contributed by atoms with Crippen molar-refractivity contribution < 1.29 is 13.2 Å². The number of halogens is 3. The second-order valence-corrected chi connectivity index (χ2v) is 3.97. The smallest absolute Gasteiger partial charge is 0.164 e. The van der Waals surface area contributed by atoms with Crippen LogP contribution < -0.4 is 5.73 Å². The van der Waals surface area contributed by atoms with Gasteiger partial charge in [-0.05, 0) is 18.6 Å². The average Bonchev–Trinajstić information content (AvgIpc) is 2.36. The number of pyridine rings is 1. The van der Waals surface area contributed by atoms with Gasteiger partial charge in [0.2, 0.25) is 0 Å². The van der Waals surface area contributed by atoms with Crippen LogP contribution in [0.15, 0.2) is 30.6 Å². The van der Waals surface area contributed by atoms with Crippen molar-refractivity contribution in [2.45, 2.75) is 13.0 Å². The minimum atomic E-state index is -1.07. The van der Waals surface area contributed by atoms with E-state index >= 15 is 0 Å². The van der Waals surface area contributed by atoms with Gasteiger partial charge in [0.15, 0.2) is 11.6 Å². The Morgan fingerprint density at radius 3 is 2.44 bits per heavy atom. The van der Waals surface area contributed by atoms with Gasteiger partial charge >= 0.3 is 0 Å². The second-order valence-electron chi connectivity index (χ2n) is 3.97. The third-order valence-corrected chi connectivity index (χ3v) is 2.78. The lowest BCUT2D eigenvalue weighted by atomic mass is 9.98. The highest BCUT2D eigenvalue weighted by atomic mass is 19.2. The Morgan fingerprint density at radius 2 is 1.78 bits per heavy atom. The van der Waals surface area contributed by atoms with E-state index in [4.69, 9.17) is 5.73 Å². The van der Waals surface area contributed by atoms with Gasteiger partial charge in [0, 0.05) is 17.3 Å². The molecule has 1 unspecified atom stereocenters. The number of rotatable bonds is 2. The van der Waals surface area contributed by atoms with Crippen LogP contribution in [0.25, 0.3) is 0 Å². The van der Waals surface area contributed by atoms with E-state index in [1.165, 1.54) is 31.3 Å². The van der Waals surface area contributed by atoms with Crippen molar-refractivity contribution in [3.05, 3.63) is 64.7 Å². The van der Waals surface area contributed by atoms with Gasteiger partial charge in [-0.3, -0.25) is 4.98 Å². The average molecular weight is 252 g/mol. The van der Waals surface area contributed by atoms with Crippen molar-refractivity contribution in [3.63, 3.8) is 0 Å². The van der Waals surface area contributed by atoms with E-state index in [1.807, 2.05) is 0 Å². The van der Waals surface area contributed by atoms with Gasteiger partial charge in [0.05, 0.1) is 12.2 Å². The quantitative estimate of drug-likeness (QED) is 0.892. The zero-order valence-electron chi connectivity index (χ0n) is 9.62. The minimum absolute atomic E-state index is 0.0761. The Kier molecular flexibility index (Phi) is 3.34. The molecule has 94 valence electrons. The Balaban J connectivity index is 2.50. The Hall–Kier alpha value is -1.88. The molecule has 0 aliphatic heterocycles. The van der Waals surface area contributed by atoms with E-state index in [2.05, 4.69) is 4.98 Å². The van der Waals surface area contributed by atoms with Gasteiger partial charge < -0.3 is 5.73 Å². The van der Waals surface area contributed by atoms with Gasteiger partial charge in [-0.2, -0.15) is 0 Å². The summed E-state index contributed by atoms with van der Waals surface area (Å²) < 4.78 is 40.6. The lowest BCUT2D eigenvalue weighted by molar-refractivity contribution is 0.487. The van der Waals surface area contributed by atoms with Crippen molar-refractivity contribution >= 4 is 0 Å². The first-order valence-corrected chi connectivity index (χ1v) is 5.32. The van der Waals surface area contributed by atoms with Crippen LogP contribution in [0.4, 0.5) is 13.2 Å². The fourth-order valence-electron chi connectivity index (χ4n) is 1.71. The predicted molar refractivity (Wildman–Crippen MR) is 61.3 cm³/mol. The molecule has 0 bridgehead atoms. The van der Waals surface area contributed by atoms with Crippen molar-refractivity contribution in [3.8, 4) is 0 Å². The van der Waals surface area contributed by atoms with Crippen LogP contribution in [0.1, 0.15) is 22.7 Å². The van der Waals surface area contributed by atoms with E-state index in [1.54, 1.807) is 0 Å². The molecule has 0 radical (unpaired) electrons. The molecule has 18 heavy (non-hydrogen) atoms. The van der Waals surface area contributed by atoms with Gasteiger partial charge in [-0.25, -0.2) is 13.2 Å². The van der Waals surface area contributed by atoms with Crippen LogP contribution in [0.2, 0.25) is 0 Å². The number of nitrogens with two attached hydrogens (primary N) is 1. The number of aryl methyl sites for hydroxylation is 1. The molecule has 1 aromatic carbocycles. The number of aromatic nitrogens is 1. The summed E-state index contributed by atoms with van der Waals surface area (Å²) in [5.74, 6) is -2.65. The van der Waals surface area contributed by atoms with Crippen molar-refractivity contribution in [1.29, 1.82) is 0 Å². The molecular formula is C13H11F3N2. The molecule has 5 heteroatoms. The summed E-state index contributed by atoms with van der Waals surface area (Å²) in [7, 11) is 0. The van der Waals surface area contributed by atoms with Crippen LogP contribution in [0, 0.1) is 24.4 Å². The lowest BCUT2D eigenvalue weighted by Crippen LogP contribution is -2.16. The highest BCUT2D eigenvalue weighted by molar-refractivity contribution is 5.34. The van der Waals surface area contributed by atoms with Crippen LogP contribution in [0.5, 0.6) is 0 Å². The normalized spacial score (nSPS) is 12.5. The summed E-state index contributed by atoms with van der Waals surface area (Å²) in [4.78, 5) is 3.58. The Morgan fingerprint density at radius 1 is 1.06 bits per heavy atom. The maximum Gasteiger partial charge on any atom is 0.164 e. The van der Waals surface area contributed by atoms with E-state index in [9.17, 15) is 13.2 Å². The second kappa shape index (κ2) is 4.78. The predicted octanol–water partition coefficient (Wildman–Crippen LogP) is 2.86. The molecule has 2 aromatic rings. The van der Waals surface area contributed by atoms with E-state index in [-0.39, 0.29) is 16.7 Å². The van der Waals surface area contributed by atoms with E-state index in [0.29, 0.717) is 0 Å². The maximum atomic E-state index is 13.7. The molecule has 0 amide bonds. The molecule has 2 rings (SSSR count). The summed E-state index contributed by atoms with van der Waals surface area (Å²) in [6, 6.07) is 3.05. The third kappa shape index (κ3) is 2.09. The molecule has 2 N–H and O–H groups in total. The van der Waals surface area contributed by atoms with Crippen molar-refractivity contribution in [2.24, 2.45) is 5.73 Å². The maximum absolute atomic E-state index is 13.7. The summed E-state index contributed by atoms with van der Waals surface area (Å²) in [5, 5.41) is 0. The molecule has 1 heterocycles. The molecule has 1 aromatic heterocycles. The third-order valence-electron chi connectivity index (χ3n) is 2.78. The number of hydrogen-bond donors (Lipinski definition) is 1. The molecule has 0 spiro atoms. The fraction of sp³-hybridized carbons (Fsp3) is 0.154. The standard InChI is InChI=1S/C13H11F3N2/c1-7-2-3-9(12(16)11(7)15)13(17)8-4-5-18-6-10(8)14/h2-6,13H,17H2,1H3. The fourth-order valence-corrected chi connectivity index (χ4v) is 1.71. The van der Waals surface area contributed by atoms with Crippen LogP contribution in [0.3, 0.4) is 0 Å². The highest BCUT2D eigenvalue weighted by Crippen LogP contribution is 2.26. The first kappa shape index (κ1) is 12.6. The van der Waals surface area contributed by atoms with Crippen molar-refractivity contribution in [2.75, 3.05) is 0 Å². The zero-order valence-corrected chi connectivity index (χ0v) is 9.62. The minimum Gasteiger partial charge on any atom is -0.320 e. The highest BCUT2D eigenvalue weighted by Gasteiger charge is 2.20. The van der Waals surface area contributed by atoms with E-state index < -0.39 is 23.5 Å². The molecule has 0 saturated heterocycles.